The van der Waals surface area contributed by atoms with Gasteiger partial charge in [0.2, 0.25) is 5.91 Å². The topological polar surface area (TPSA) is 81.3 Å². The lowest BCUT2D eigenvalue weighted by molar-refractivity contribution is -0.385. The number of nitro groups is 1. The monoisotopic (exact) mass is 396 g/mol. The van der Waals surface area contributed by atoms with Crippen LogP contribution >= 0.6 is 0 Å². The van der Waals surface area contributed by atoms with Gasteiger partial charge in [-0.3, -0.25) is 14.9 Å². The van der Waals surface area contributed by atoms with E-state index in [2.05, 4.69) is 24.9 Å². The third-order valence-corrected chi connectivity index (χ3v) is 6.61. The van der Waals surface area contributed by atoms with Crippen molar-refractivity contribution in [1.82, 2.24) is 14.5 Å². The molecule has 2 aromatic heterocycles. The second-order valence-corrected chi connectivity index (χ2v) is 9.03. The fraction of sp³-hybridized carbons (Fsp3) is 0.545. The molecule has 0 N–H and O–H groups in total. The standard InChI is InChI=1S/C22H28N4O3/c1-14-18(26(28)29)12-23-20-19(14)17(13-24(20)4)16-9-10-25(22(2,3)11-16)21(27)15-7-5-6-8-15/h9,12-13,15H,5-8,10-11H2,1-4H3. The minimum atomic E-state index is -0.375. The Bertz CT molecular complexity index is 1030. The minimum absolute atomic E-state index is 0.0404. The lowest BCUT2D eigenvalue weighted by Gasteiger charge is -2.43. The van der Waals surface area contributed by atoms with Crippen LogP contribution in [-0.4, -0.2) is 37.4 Å². The maximum atomic E-state index is 13.1. The molecular weight excluding hydrogens is 368 g/mol. The summed E-state index contributed by atoms with van der Waals surface area (Å²) in [5.41, 5.74) is 3.23. The van der Waals surface area contributed by atoms with Crippen LogP contribution < -0.4 is 0 Å². The smallest absolute Gasteiger partial charge is 0.291 e. The van der Waals surface area contributed by atoms with Gasteiger partial charge in [0, 0.05) is 47.8 Å². The van der Waals surface area contributed by atoms with Gasteiger partial charge in [-0.1, -0.05) is 18.9 Å². The molecule has 1 aliphatic carbocycles. The first-order valence-electron chi connectivity index (χ1n) is 10.3. The maximum Gasteiger partial charge on any atom is 0.291 e. The number of fused-ring (bicyclic) bond motifs is 1. The van der Waals surface area contributed by atoms with Crippen LogP contribution in [0.1, 0.15) is 57.1 Å². The molecule has 0 saturated heterocycles. The van der Waals surface area contributed by atoms with E-state index in [9.17, 15) is 14.9 Å². The molecule has 7 heteroatoms. The number of aromatic nitrogens is 2. The molecule has 2 aromatic rings. The van der Waals surface area contributed by atoms with Gasteiger partial charge in [-0.15, -0.1) is 0 Å². The molecular formula is C22H28N4O3. The summed E-state index contributed by atoms with van der Waals surface area (Å²) in [6.45, 7) is 6.60. The van der Waals surface area contributed by atoms with E-state index in [1.165, 1.54) is 6.20 Å². The van der Waals surface area contributed by atoms with Crippen molar-refractivity contribution in [2.24, 2.45) is 13.0 Å². The predicted molar refractivity (Wildman–Crippen MR) is 112 cm³/mol. The Kier molecular flexibility index (Phi) is 4.71. The number of carbonyl (C=O) groups is 1. The van der Waals surface area contributed by atoms with Crippen molar-refractivity contribution >= 4 is 28.2 Å². The molecule has 0 atom stereocenters. The Labute approximate surface area is 170 Å². The molecule has 29 heavy (non-hydrogen) atoms. The van der Waals surface area contributed by atoms with Crippen molar-refractivity contribution in [2.45, 2.75) is 58.4 Å². The van der Waals surface area contributed by atoms with Gasteiger partial charge in [-0.2, -0.15) is 0 Å². The van der Waals surface area contributed by atoms with E-state index in [4.69, 9.17) is 0 Å². The van der Waals surface area contributed by atoms with Crippen LogP contribution in [-0.2, 0) is 11.8 Å². The van der Waals surface area contributed by atoms with E-state index in [1.807, 2.05) is 22.7 Å². The quantitative estimate of drug-likeness (QED) is 0.570. The number of carbonyl (C=O) groups excluding carboxylic acids is 1. The first-order valence-corrected chi connectivity index (χ1v) is 10.3. The number of rotatable bonds is 3. The highest BCUT2D eigenvalue weighted by atomic mass is 16.6. The first kappa shape index (κ1) is 19.6. The van der Waals surface area contributed by atoms with Crippen LogP contribution in [0, 0.1) is 23.0 Å². The molecule has 1 saturated carbocycles. The highest BCUT2D eigenvalue weighted by Gasteiger charge is 2.38. The number of hydrogen-bond donors (Lipinski definition) is 0. The molecule has 2 aliphatic rings. The fourth-order valence-electron chi connectivity index (χ4n) is 4.99. The minimum Gasteiger partial charge on any atom is -0.335 e. The zero-order valence-electron chi connectivity index (χ0n) is 17.6. The molecule has 154 valence electrons. The summed E-state index contributed by atoms with van der Waals surface area (Å²) in [5.74, 6) is 0.435. The van der Waals surface area contributed by atoms with E-state index in [-0.39, 0.29) is 28.0 Å². The zero-order chi connectivity index (χ0) is 20.9. The van der Waals surface area contributed by atoms with Gasteiger partial charge in [0.1, 0.15) is 11.8 Å². The van der Waals surface area contributed by atoms with E-state index in [0.29, 0.717) is 18.5 Å². The van der Waals surface area contributed by atoms with Gasteiger partial charge < -0.3 is 9.47 Å². The first-order chi connectivity index (χ1) is 13.7. The van der Waals surface area contributed by atoms with Gasteiger partial charge in [0.05, 0.1) is 4.92 Å². The van der Waals surface area contributed by atoms with Crippen LogP contribution in [0.5, 0.6) is 0 Å². The van der Waals surface area contributed by atoms with Gasteiger partial charge in [0.15, 0.2) is 0 Å². The predicted octanol–water partition coefficient (Wildman–Crippen LogP) is 4.37. The lowest BCUT2D eigenvalue weighted by atomic mass is 9.84. The highest BCUT2D eigenvalue weighted by molar-refractivity contribution is 5.96. The van der Waals surface area contributed by atoms with Gasteiger partial charge in [0.25, 0.3) is 5.69 Å². The van der Waals surface area contributed by atoms with E-state index in [0.717, 1.165) is 47.9 Å². The molecule has 7 nitrogen and oxygen atoms in total. The lowest BCUT2D eigenvalue weighted by Crippen LogP contribution is -2.51. The molecule has 0 aromatic carbocycles. The number of amides is 1. The summed E-state index contributed by atoms with van der Waals surface area (Å²) in [4.78, 5) is 30.4. The number of hydrogen-bond acceptors (Lipinski definition) is 4. The Morgan fingerprint density at radius 1 is 1.31 bits per heavy atom. The second kappa shape index (κ2) is 6.97. The van der Waals surface area contributed by atoms with E-state index in [1.54, 1.807) is 6.92 Å². The van der Waals surface area contributed by atoms with E-state index >= 15 is 0 Å². The number of aryl methyl sites for hydroxylation is 2. The van der Waals surface area contributed by atoms with Crippen LogP contribution in [0.15, 0.2) is 18.5 Å². The van der Waals surface area contributed by atoms with Gasteiger partial charge in [-0.05, 0) is 45.6 Å². The van der Waals surface area contributed by atoms with Crippen molar-refractivity contribution < 1.29 is 9.72 Å². The third kappa shape index (κ3) is 3.22. The summed E-state index contributed by atoms with van der Waals surface area (Å²) in [6, 6.07) is 0. The Morgan fingerprint density at radius 3 is 2.62 bits per heavy atom. The third-order valence-electron chi connectivity index (χ3n) is 6.61. The van der Waals surface area contributed by atoms with Crippen LogP contribution in [0.3, 0.4) is 0 Å². The summed E-state index contributed by atoms with van der Waals surface area (Å²) >= 11 is 0. The highest BCUT2D eigenvalue weighted by Crippen LogP contribution is 2.40. The number of nitrogens with zero attached hydrogens (tertiary/aromatic N) is 4. The van der Waals surface area contributed by atoms with Crippen molar-refractivity contribution in [3.63, 3.8) is 0 Å². The maximum absolute atomic E-state index is 13.1. The summed E-state index contributed by atoms with van der Waals surface area (Å²) in [5, 5.41) is 12.2. The molecule has 0 unspecified atom stereocenters. The van der Waals surface area contributed by atoms with E-state index < -0.39 is 0 Å². The molecule has 1 amide bonds. The normalized spacial score (nSPS) is 19.6. The molecule has 3 heterocycles. The molecule has 0 spiro atoms. The Balaban J connectivity index is 1.74. The Morgan fingerprint density at radius 2 is 2.00 bits per heavy atom. The summed E-state index contributed by atoms with van der Waals surface area (Å²) < 4.78 is 1.92. The fourth-order valence-corrected chi connectivity index (χ4v) is 4.99. The largest absolute Gasteiger partial charge is 0.335 e. The molecule has 1 fully saturated rings. The van der Waals surface area contributed by atoms with Crippen LogP contribution in [0.2, 0.25) is 0 Å². The van der Waals surface area contributed by atoms with Gasteiger partial charge >= 0.3 is 0 Å². The van der Waals surface area contributed by atoms with Crippen molar-refractivity contribution in [2.75, 3.05) is 6.54 Å². The average molecular weight is 396 g/mol. The molecule has 0 bridgehead atoms. The van der Waals surface area contributed by atoms with Crippen molar-refractivity contribution in [3.05, 3.63) is 39.7 Å². The molecule has 1 aliphatic heterocycles. The van der Waals surface area contributed by atoms with Crippen molar-refractivity contribution in [1.29, 1.82) is 0 Å². The number of pyridine rings is 1. The Hall–Kier alpha value is -2.70. The van der Waals surface area contributed by atoms with Crippen LogP contribution in [0.25, 0.3) is 16.6 Å². The second-order valence-electron chi connectivity index (χ2n) is 9.03. The average Bonchev–Trinajstić information content (AvgIpc) is 3.29. The molecule has 4 rings (SSSR count). The summed E-state index contributed by atoms with van der Waals surface area (Å²) in [6.07, 6.45) is 10.5. The zero-order valence-corrected chi connectivity index (χ0v) is 17.6. The van der Waals surface area contributed by atoms with Crippen molar-refractivity contribution in [3.8, 4) is 0 Å². The van der Waals surface area contributed by atoms with Gasteiger partial charge in [-0.25, -0.2) is 4.98 Å². The summed E-state index contributed by atoms with van der Waals surface area (Å²) in [7, 11) is 1.91. The molecule has 0 radical (unpaired) electrons. The van der Waals surface area contributed by atoms with Crippen LogP contribution in [0.4, 0.5) is 5.69 Å². The SMILES string of the molecule is Cc1c([N+](=O)[O-])cnc2c1c(C1=CCN(C(=O)C3CCCC3)C(C)(C)C1)cn2C.